The highest BCUT2D eigenvalue weighted by Crippen LogP contribution is 2.37. The summed E-state index contributed by atoms with van der Waals surface area (Å²) < 4.78 is 27.4. The largest absolute Gasteiger partial charge is 0.507 e. The first-order valence-electron chi connectivity index (χ1n) is 9.40. The third-order valence-corrected chi connectivity index (χ3v) is 6.11. The minimum Gasteiger partial charge on any atom is -0.507 e. The molecule has 0 saturated carbocycles. The number of phenols is 1. The summed E-state index contributed by atoms with van der Waals surface area (Å²) in [7, 11) is 0. The van der Waals surface area contributed by atoms with E-state index in [1.807, 2.05) is 6.07 Å². The van der Waals surface area contributed by atoms with Crippen LogP contribution in [0.5, 0.6) is 5.75 Å². The maximum Gasteiger partial charge on any atom is 0.273 e. The Kier molecular flexibility index (Phi) is 5.79. The molecule has 3 aromatic carbocycles. The first-order chi connectivity index (χ1) is 15.4. The van der Waals surface area contributed by atoms with Crippen LogP contribution in [0, 0.1) is 23.0 Å². The Labute approximate surface area is 186 Å². The first-order valence-corrected chi connectivity index (χ1v) is 10.5. The quantitative estimate of drug-likeness (QED) is 0.622. The lowest BCUT2D eigenvalue weighted by molar-refractivity contribution is -0.130. The number of amides is 2. The van der Waals surface area contributed by atoms with E-state index in [4.69, 9.17) is 5.26 Å². The maximum atomic E-state index is 14.2. The number of thioether (sulfide) groups is 1. The predicted octanol–water partition coefficient (Wildman–Crippen LogP) is 4.13. The smallest absolute Gasteiger partial charge is 0.273 e. The Morgan fingerprint density at radius 3 is 2.56 bits per heavy atom. The molecule has 160 valence electrons. The molecule has 4 rings (SSSR count). The minimum atomic E-state index is -0.811. The average Bonchev–Trinajstić information content (AvgIpc) is 3.14. The number of nitrogens with one attached hydrogen (secondary N) is 1. The monoisotopic (exact) mass is 451 g/mol. The van der Waals surface area contributed by atoms with E-state index < -0.39 is 22.9 Å². The number of halogens is 2. The predicted molar refractivity (Wildman–Crippen MR) is 114 cm³/mol. The van der Waals surface area contributed by atoms with Crippen molar-refractivity contribution in [3.8, 4) is 22.9 Å². The van der Waals surface area contributed by atoms with E-state index in [0.717, 1.165) is 12.1 Å². The lowest BCUT2D eigenvalue weighted by atomic mass is 10.0. The molecule has 0 bridgehead atoms. The Hall–Kier alpha value is -3.90. The molecule has 1 saturated heterocycles. The lowest BCUT2D eigenvalue weighted by Crippen LogP contribution is -2.44. The molecular formula is C23H15F2N3O3S. The van der Waals surface area contributed by atoms with Gasteiger partial charge in [0.2, 0.25) is 0 Å². The van der Waals surface area contributed by atoms with Crippen molar-refractivity contribution in [2.75, 3.05) is 5.75 Å². The highest BCUT2D eigenvalue weighted by molar-refractivity contribution is 8.00. The zero-order chi connectivity index (χ0) is 22.8. The summed E-state index contributed by atoms with van der Waals surface area (Å²) >= 11 is 1.30. The summed E-state index contributed by atoms with van der Waals surface area (Å²) in [6.07, 6.45) is 0. The molecule has 0 radical (unpaired) electrons. The molecule has 1 unspecified atom stereocenters. The van der Waals surface area contributed by atoms with Crippen LogP contribution in [0.1, 0.15) is 26.9 Å². The summed E-state index contributed by atoms with van der Waals surface area (Å²) in [6, 6.07) is 15.6. The van der Waals surface area contributed by atoms with Gasteiger partial charge in [-0.05, 0) is 47.5 Å². The molecular weight excluding hydrogens is 436 g/mol. The van der Waals surface area contributed by atoms with Gasteiger partial charge in [-0.2, -0.15) is 5.26 Å². The number of phenolic OH excluding ortho intramolecular Hbond substituents is 1. The number of hydrogen-bond acceptors (Lipinski definition) is 5. The fourth-order valence-corrected chi connectivity index (χ4v) is 4.40. The van der Waals surface area contributed by atoms with Crippen LogP contribution in [0.15, 0.2) is 60.7 Å². The number of benzene rings is 3. The second-order valence-corrected chi connectivity index (χ2v) is 8.03. The SMILES string of the molecule is N#Cc1ccc(C2SCC(=O)N2NC(=O)c2cc(-c3ccc(F)cc3F)ccc2O)cc1. The van der Waals surface area contributed by atoms with Crippen LogP contribution < -0.4 is 5.43 Å². The van der Waals surface area contributed by atoms with Gasteiger partial charge in [-0.25, -0.2) is 13.8 Å². The van der Waals surface area contributed by atoms with Crippen LogP contribution >= 0.6 is 11.8 Å². The molecule has 0 spiro atoms. The normalized spacial score (nSPS) is 15.5. The van der Waals surface area contributed by atoms with Gasteiger partial charge in [0.1, 0.15) is 22.8 Å². The third kappa shape index (κ3) is 4.13. The van der Waals surface area contributed by atoms with E-state index in [1.165, 1.54) is 41.0 Å². The minimum absolute atomic E-state index is 0.0590. The zero-order valence-corrected chi connectivity index (χ0v) is 17.2. The van der Waals surface area contributed by atoms with Gasteiger partial charge >= 0.3 is 0 Å². The van der Waals surface area contributed by atoms with Crippen LogP contribution in [0.2, 0.25) is 0 Å². The molecule has 1 atom stereocenters. The van der Waals surface area contributed by atoms with Crippen molar-refractivity contribution in [1.29, 1.82) is 5.26 Å². The van der Waals surface area contributed by atoms with Crippen LogP contribution in [0.3, 0.4) is 0 Å². The average molecular weight is 451 g/mol. The summed E-state index contributed by atoms with van der Waals surface area (Å²) in [4.78, 5) is 25.3. The van der Waals surface area contributed by atoms with Crippen molar-refractivity contribution in [3.63, 3.8) is 0 Å². The fraction of sp³-hybridized carbons (Fsp3) is 0.0870. The van der Waals surface area contributed by atoms with Crippen molar-refractivity contribution in [2.45, 2.75) is 5.37 Å². The van der Waals surface area contributed by atoms with Crippen molar-refractivity contribution in [1.82, 2.24) is 10.4 Å². The van der Waals surface area contributed by atoms with Gasteiger partial charge in [0, 0.05) is 11.6 Å². The highest BCUT2D eigenvalue weighted by Gasteiger charge is 2.35. The Balaban J connectivity index is 1.61. The fourth-order valence-electron chi connectivity index (χ4n) is 3.29. The number of hydrazine groups is 1. The second kappa shape index (κ2) is 8.69. The van der Waals surface area contributed by atoms with Gasteiger partial charge in [0.15, 0.2) is 0 Å². The van der Waals surface area contributed by atoms with E-state index in [0.29, 0.717) is 11.1 Å². The summed E-state index contributed by atoms with van der Waals surface area (Å²) in [5.41, 5.74) is 3.84. The number of nitrogens with zero attached hydrogens (tertiary/aromatic N) is 2. The molecule has 2 amide bonds. The zero-order valence-electron chi connectivity index (χ0n) is 16.4. The molecule has 1 heterocycles. The lowest BCUT2D eigenvalue weighted by Gasteiger charge is -2.25. The Morgan fingerprint density at radius 2 is 1.88 bits per heavy atom. The number of aromatic hydroxyl groups is 1. The molecule has 1 fully saturated rings. The van der Waals surface area contributed by atoms with Crippen molar-refractivity contribution >= 4 is 23.6 Å². The van der Waals surface area contributed by atoms with Gasteiger partial charge in [-0.15, -0.1) is 11.8 Å². The number of rotatable bonds is 4. The number of hydrogen-bond donors (Lipinski definition) is 2. The number of carbonyl (C=O) groups is 2. The molecule has 6 nitrogen and oxygen atoms in total. The summed E-state index contributed by atoms with van der Waals surface area (Å²) in [5, 5.41) is 19.8. The molecule has 0 aliphatic carbocycles. The van der Waals surface area contributed by atoms with E-state index in [-0.39, 0.29) is 34.1 Å². The van der Waals surface area contributed by atoms with Crippen molar-refractivity contribution in [2.24, 2.45) is 0 Å². The summed E-state index contributed by atoms with van der Waals surface area (Å²) in [5.74, 6) is -2.86. The van der Waals surface area contributed by atoms with Crippen LogP contribution in [0.4, 0.5) is 8.78 Å². The van der Waals surface area contributed by atoms with E-state index >= 15 is 0 Å². The first kappa shape index (κ1) is 21.3. The van der Waals surface area contributed by atoms with Crippen LogP contribution in [-0.4, -0.2) is 27.7 Å². The standard InChI is InChI=1S/C23H15F2N3O3S/c24-16-6-7-17(19(25)10-16)15-5-8-20(29)18(9-15)22(31)27-28-21(30)12-32-23(28)14-3-1-13(11-26)2-4-14/h1-10,23,29H,12H2,(H,27,31). The van der Waals surface area contributed by atoms with Gasteiger partial charge in [-0.1, -0.05) is 18.2 Å². The van der Waals surface area contributed by atoms with Crippen molar-refractivity contribution in [3.05, 3.63) is 89.0 Å². The second-order valence-electron chi connectivity index (χ2n) is 6.96. The topological polar surface area (TPSA) is 93.4 Å². The van der Waals surface area contributed by atoms with E-state index in [9.17, 15) is 23.5 Å². The van der Waals surface area contributed by atoms with Gasteiger partial charge in [0.05, 0.1) is 22.9 Å². The van der Waals surface area contributed by atoms with E-state index in [1.54, 1.807) is 24.3 Å². The number of carbonyl (C=O) groups excluding carboxylic acids is 2. The Morgan fingerprint density at radius 1 is 1.12 bits per heavy atom. The van der Waals surface area contributed by atoms with Gasteiger partial charge in [-0.3, -0.25) is 15.0 Å². The molecule has 9 heteroatoms. The highest BCUT2D eigenvalue weighted by atomic mass is 32.2. The van der Waals surface area contributed by atoms with Crippen LogP contribution in [0.25, 0.3) is 11.1 Å². The van der Waals surface area contributed by atoms with E-state index in [2.05, 4.69) is 5.43 Å². The summed E-state index contributed by atoms with van der Waals surface area (Å²) in [6.45, 7) is 0. The molecule has 0 aromatic heterocycles. The molecule has 1 aliphatic heterocycles. The molecule has 2 N–H and O–H groups in total. The maximum absolute atomic E-state index is 14.2. The number of nitriles is 1. The van der Waals surface area contributed by atoms with Gasteiger partial charge < -0.3 is 5.11 Å². The molecule has 3 aromatic rings. The molecule has 32 heavy (non-hydrogen) atoms. The van der Waals surface area contributed by atoms with Gasteiger partial charge in [0.25, 0.3) is 11.8 Å². The molecule has 1 aliphatic rings. The van der Waals surface area contributed by atoms with Crippen molar-refractivity contribution < 1.29 is 23.5 Å². The third-order valence-electron chi connectivity index (χ3n) is 4.90. The Bertz CT molecular complexity index is 1260. The van der Waals surface area contributed by atoms with Crippen LogP contribution in [-0.2, 0) is 4.79 Å².